The minimum Gasteiger partial charge on any atom is -0.385 e. The standard InChI is InChI=1S/C17H36O5/c1-18-10-7-14-20-12-5-3-4-6-13-21-16-9-17-22-15-8-11-19-2/h3-17H2,1-2H3. The number of ether oxygens (including phenoxy) is 5. The Bertz CT molecular complexity index is 170. The molecule has 0 fully saturated rings. The summed E-state index contributed by atoms with van der Waals surface area (Å²) in [7, 11) is 3.43. The first kappa shape index (κ1) is 21.8. The zero-order valence-corrected chi connectivity index (χ0v) is 14.6. The van der Waals surface area contributed by atoms with Gasteiger partial charge in [-0.2, -0.15) is 0 Å². The summed E-state index contributed by atoms with van der Waals surface area (Å²) in [5.41, 5.74) is 0. The van der Waals surface area contributed by atoms with E-state index in [0.717, 1.165) is 85.0 Å². The molecule has 134 valence electrons. The molecule has 0 spiro atoms. The van der Waals surface area contributed by atoms with Crippen molar-refractivity contribution in [3.63, 3.8) is 0 Å². The molecule has 0 N–H and O–H groups in total. The van der Waals surface area contributed by atoms with Crippen LogP contribution in [-0.2, 0) is 23.7 Å². The van der Waals surface area contributed by atoms with Gasteiger partial charge in [-0.3, -0.25) is 0 Å². The molecule has 0 radical (unpaired) electrons. The molecule has 22 heavy (non-hydrogen) atoms. The van der Waals surface area contributed by atoms with Crippen LogP contribution in [-0.4, -0.2) is 67.1 Å². The third-order valence-electron chi connectivity index (χ3n) is 3.18. The molecular formula is C17H36O5. The van der Waals surface area contributed by atoms with Gasteiger partial charge in [0.15, 0.2) is 0 Å². The average Bonchev–Trinajstić information content (AvgIpc) is 2.54. The van der Waals surface area contributed by atoms with Crippen LogP contribution in [0.3, 0.4) is 0 Å². The Morgan fingerprint density at radius 3 is 1.05 bits per heavy atom. The monoisotopic (exact) mass is 320 g/mol. The van der Waals surface area contributed by atoms with Crippen LogP contribution in [0.1, 0.15) is 44.9 Å². The Morgan fingerprint density at radius 1 is 0.364 bits per heavy atom. The van der Waals surface area contributed by atoms with Crippen LogP contribution < -0.4 is 0 Å². The molecule has 0 aliphatic heterocycles. The molecular weight excluding hydrogens is 284 g/mol. The summed E-state index contributed by atoms with van der Waals surface area (Å²) < 4.78 is 26.5. The van der Waals surface area contributed by atoms with Gasteiger partial charge in [-0.15, -0.1) is 0 Å². The van der Waals surface area contributed by atoms with Gasteiger partial charge < -0.3 is 23.7 Å². The Labute approximate surface area is 136 Å². The first-order valence-electron chi connectivity index (χ1n) is 8.63. The maximum absolute atomic E-state index is 5.58. The van der Waals surface area contributed by atoms with Gasteiger partial charge in [-0.05, 0) is 32.1 Å². The maximum Gasteiger partial charge on any atom is 0.0488 e. The summed E-state index contributed by atoms with van der Waals surface area (Å²) in [4.78, 5) is 0. The lowest BCUT2D eigenvalue weighted by Gasteiger charge is -2.06. The van der Waals surface area contributed by atoms with Gasteiger partial charge in [0.2, 0.25) is 0 Å². The van der Waals surface area contributed by atoms with Crippen LogP contribution >= 0.6 is 0 Å². The normalized spacial score (nSPS) is 11.2. The molecule has 5 nitrogen and oxygen atoms in total. The molecule has 0 bridgehead atoms. The van der Waals surface area contributed by atoms with Gasteiger partial charge in [0.05, 0.1) is 0 Å². The molecule has 0 rings (SSSR count). The lowest BCUT2D eigenvalue weighted by molar-refractivity contribution is 0.0700. The van der Waals surface area contributed by atoms with Crippen LogP contribution in [0.15, 0.2) is 0 Å². The Balaban J connectivity index is 2.91. The van der Waals surface area contributed by atoms with Crippen LogP contribution in [0.4, 0.5) is 0 Å². The summed E-state index contributed by atoms with van der Waals surface area (Å²) in [6.45, 7) is 6.45. The van der Waals surface area contributed by atoms with Crippen molar-refractivity contribution in [3.8, 4) is 0 Å². The van der Waals surface area contributed by atoms with Crippen molar-refractivity contribution in [1.82, 2.24) is 0 Å². The number of hydrogen-bond acceptors (Lipinski definition) is 5. The first-order chi connectivity index (χ1) is 10.9. The van der Waals surface area contributed by atoms with Crippen LogP contribution in [0.25, 0.3) is 0 Å². The van der Waals surface area contributed by atoms with Crippen molar-refractivity contribution in [2.24, 2.45) is 0 Å². The van der Waals surface area contributed by atoms with Gasteiger partial charge in [0, 0.05) is 67.1 Å². The maximum atomic E-state index is 5.58. The Hall–Kier alpha value is -0.200. The van der Waals surface area contributed by atoms with Crippen LogP contribution in [0.2, 0.25) is 0 Å². The average molecular weight is 320 g/mol. The van der Waals surface area contributed by atoms with Crippen molar-refractivity contribution in [1.29, 1.82) is 0 Å². The van der Waals surface area contributed by atoms with E-state index in [1.54, 1.807) is 14.2 Å². The summed E-state index contributed by atoms with van der Waals surface area (Å²) in [6, 6.07) is 0. The van der Waals surface area contributed by atoms with Gasteiger partial charge >= 0.3 is 0 Å². The van der Waals surface area contributed by atoms with E-state index in [0.29, 0.717) is 0 Å². The summed E-state index contributed by atoms with van der Waals surface area (Å²) in [5, 5.41) is 0. The smallest absolute Gasteiger partial charge is 0.0488 e. The molecule has 0 saturated heterocycles. The predicted octanol–water partition coefficient (Wildman–Crippen LogP) is 3.06. The molecule has 0 aliphatic rings. The van der Waals surface area contributed by atoms with Crippen LogP contribution in [0.5, 0.6) is 0 Å². The molecule has 0 aromatic carbocycles. The van der Waals surface area contributed by atoms with E-state index in [9.17, 15) is 0 Å². The van der Waals surface area contributed by atoms with Crippen molar-refractivity contribution in [3.05, 3.63) is 0 Å². The second-order valence-electron chi connectivity index (χ2n) is 5.30. The lowest BCUT2D eigenvalue weighted by atomic mass is 10.2. The van der Waals surface area contributed by atoms with E-state index in [4.69, 9.17) is 23.7 Å². The molecule has 0 saturated carbocycles. The van der Waals surface area contributed by atoms with E-state index in [2.05, 4.69) is 0 Å². The van der Waals surface area contributed by atoms with E-state index < -0.39 is 0 Å². The van der Waals surface area contributed by atoms with Gasteiger partial charge in [0.1, 0.15) is 0 Å². The first-order valence-corrected chi connectivity index (χ1v) is 8.63. The molecule has 0 atom stereocenters. The molecule has 0 amide bonds. The Kier molecular flexibility index (Phi) is 20.6. The molecule has 0 aromatic heterocycles. The quantitative estimate of drug-likeness (QED) is 0.342. The van der Waals surface area contributed by atoms with Gasteiger partial charge in [0.25, 0.3) is 0 Å². The van der Waals surface area contributed by atoms with Crippen molar-refractivity contribution in [2.45, 2.75) is 44.9 Å². The fraction of sp³-hybridized carbons (Fsp3) is 1.00. The van der Waals surface area contributed by atoms with E-state index in [-0.39, 0.29) is 0 Å². The fourth-order valence-electron chi connectivity index (χ4n) is 1.94. The second kappa shape index (κ2) is 20.8. The predicted molar refractivity (Wildman–Crippen MR) is 88.5 cm³/mol. The largest absolute Gasteiger partial charge is 0.385 e. The minimum absolute atomic E-state index is 0.773. The van der Waals surface area contributed by atoms with Crippen molar-refractivity contribution in [2.75, 3.05) is 67.1 Å². The third kappa shape index (κ3) is 19.8. The highest BCUT2D eigenvalue weighted by Gasteiger charge is 1.94. The van der Waals surface area contributed by atoms with Gasteiger partial charge in [-0.25, -0.2) is 0 Å². The number of methoxy groups -OCH3 is 2. The van der Waals surface area contributed by atoms with Crippen molar-refractivity contribution >= 4 is 0 Å². The van der Waals surface area contributed by atoms with Crippen LogP contribution in [0, 0.1) is 0 Å². The highest BCUT2D eigenvalue weighted by Crippen LogP contribution is 2.01. The van der Waals surface area contributed by atoms with Gasteiger partial charge in [-0.1, -0.05) is 12.8 Å². The number of unbranched alkanes of at least 4 members (excludes halogenated alkanes) is 3. The second-order valence-corrected chi connectivity index (χ2v) is 5.30. The highest BCUT2D eigenvalue weighted by atomic mass is 16.5. The fourth-order valence-corrected chi connectivity index (χ4v) is 1.94. The zero-order chi connectivity index (χ0) is 16.1. The molecule has 5 heteroatoms. The molecule has 0 heterocycles. The van der Waals surface area contributed by atoms with E-state index in [1.807, 2.05) is 0 Å². The van der Waals surface area contributed by atoms with Crippen molar-refractivity contribution < 1.29 is 23.7 Å². The highest BCUT2D eigenvalue weighted by molar-refractivity contribution is 4.44. The summed E-state index contributed by atoms with van der Waals surface area (Å²) >= 11 is 0. The molecule has 0 aromatic rings. The molecule has 0 unspecified atom stereocenters. The SMILES string of the molecule is COCCCOCCCCCCOCCCOCCCOC. The minimum atomic E-state index is 0.773. The molecule has 0 aliphatic carbocycles. The summed E-state index contributed by atoms with van der Waals surface area (Å²) in [6.07, 6.45) is 7.64. The number of hydrogen-bond donors (Lipinski definition) is 0. The summed E-state index contributed by atoms with van der Waals surface area (Å²) in [5.74, 6) is 0. The lowest BCUT2D eigenvalue weighted by Crippen LogP contribution is -2.04. The van der Waals surface area contributed by atoms with E-state index >= 15 is 0 Å². The van der Waals surface area contributed by atoms with E-state index in [1.165, 1.54) is 12.8 Å². The Morgan fingerprint density at radius 2 is 0.682 bits per heavy atom. The topological polar surface area (TPSA) is 46.2 Å². The zero-order valence-electron chi connectivity index (χ0n) is 14.6. The number of rotatable bonds is 19. The third-order valence-corrected chi connectivity index (χ3v) is 3.18.